The molecular weight excluding hydrogens is 232 g/mol. The van der Waals surface area contributed by atoms with E-state index in [2.05, 4.69) is 26.0 Å². The number of hydrogen-bond donors (Lipinski definition) is 1. The third kappa shape index (κ3) is 15.6. The van der Waals surface area contributed by atoms with E-state index in [0.29, 0.717) is 0 Å². The van der Waals surface area contributed by atoms with Crippen LogP contribution >= 0.6 is 0 Å². The smallest absolute Gasteiger partial charge is 0.0543 e. The van der Waals surface area contributed by atoms with Crippen LogP contribution in [0, 0.1) is 0 Å². The van der Waals surface area contributed by atoms with Gasteiger partial charge in [-0.1, -0.05) is 77.4 Å². The third-order valence-electron chi connectivity index (χ3n) is 3.70. The highest BCUT2D eigenvalue weighted by molar-refractivity contribution is 4.82. The van der Waals surface area contributed by atoms with Gasteiger partial charge in [0.1, 0.15) is 0 Å². The first kappa shape index (κ1) is 18.7. The van der Waals surface area contributed by atoms with Gasteiger partial charge in [-0.15, -0.1) is 0 Å². The molecule has 1 heteroatoms. The Bertz CT molecular complexity index is 186. The summed E-state index contributed by atoms with van der Waals surface area (Å²) in [7, 11) is 0. The van der Waals surface area contributed by atoms with Crippen LogP contribution in [-0.4, -0.2) is 11.2 Å². The van der Waals surface area contributed by atoms with Gasteiger partial charge in [0.05, 0.1) is 6.10 Å². The lowest BCUT2D eigenvalue weighted by atomic mass is 10.1. The maximum absolute atomic E-state index is 9.77. The van der Waals surface area contributed by atoms with Crippen LogP contribution in [0.2, 0.25) is 0 Å². The highest BCUT2D eigenvalue weighted by Gasteiger charge is 2.01. The summed E-state index contributed by atoms with van der Waals surface area (Å²) in [5, 5.41) is 9.77. The first-order valence-corrected chi connectivity index (χ1v) is 8.64. The quantitative estimate of drug-likeness (QED) is 0.302. The molecule has 0 spiro atoms. The molecule has 0 fully saturated rings. The standard InChI is InChI=1S/C18H36O/c1-3-5-7-8-9-10-11-12-13-15-17-18(19)16-14-6-4-2/h12-13,18-19H,3-11,14-17H2,1-2H3/b13-12-. The molecule has 0 rings (SSSR count). The van der Waals surface area contributed by atoms with Gasteiger partial charge in [0.15, 0.2) is 0 Å². The second-order valence-corrected chi connectivity index (χ2v) is 5.75. The average molecular weight is 268 g/mol. The number of allylic oxidation sites excluding steroid dienone is 2. The van der Waals surface area contributed by atoms with Crippen molar-refractivity contribution in [2.45, 2.75) is 103 Å². The fourth-order valence-corrected chi connectivity index (χ4v) is 2.34. The van der Waals surface area contributed by atoms with Crippen LogP contribution in [0.15, 0.2) is 12.2 Å². The Hall–Kier alpha value is -0.300. The first-order valence-electron chi connectivity index (χ1n) is 8.64. The topological polar surface area (TPSA) is 20.2 Å². The van der Waals surface area contributed by atoms with Crippen LogP contribution in [0.3, 0.4) is 0 Å². The molecule has 0 aliphatic carbocycles. The maximum Gasteiger partial charge on any atom is 0.0543 e. The molecule has 0 aromatic carbocycles. The summed E-state index contributed by atoms with van der Waals surface area (Å²) < 4.78 is 0. The third-order valence-corrected chi connectivity index (χ3v) is 3.70. The fraction of sp³-hybridized carbons (Fsp3) is 0.889. The molecule has 1 nitrogen and oxygen atoms in total. The van der Waals surface area contributed by atoms with E-state index in [1.165, 1.54) is 64.2 Å². The van der Waals surface area contributed by atoms with E-state index >= 15 is 0 Å². The van der Waals surface area contributed by atoms with E-state index in [0.717, 1.165) is 19.3 Å². The Kier molecular flexibility index (Phi) is 15.5. The van der Waals surface area contributed by atoms with Gasteiger partial charge in [-0.3, -0.25) is 0 Å². The predicted molar refractivity (Wildman–Crippen MR) is 86.5 cm³/mol. The largest absolute Gasteiger partial charge is 0.393 e. The van der Waals surface area contributed by atoms with E-state index in [4.69, 9.17) is 0 Å². The van der Waals surface area contributed by atoms with Crippen molar-refractivity contribution in [2.24, 2.45) is 0 Å². The van der Waals surface area contributed by atoms with Crippen LogP contribution in [0.25, 0.3) is 0 Å². The van der Waals surface area contributed by atoms with Crippen LogP contribution in [0.4, 0.5) is 0 Å². The molecule has 1 unspecified atom stereocenters. The summed E-state index contributed by atoms with van der Waals surface area (Å²) in [6, 6.07) is 0. The van der Waals surface area contributed by atoms with E-state index < -0.39 is 0 Å². The Morgan fingerprint density at radius 3 is 2.00 bits per heavy atom. The van der Waals surface area contributed by atoms with Gasteiger partial charge in [-0.05, 0) is 32.1 Å². The van der Waals surface area contributed by atoms with Crippen molar-refractivity contribution in [1.82, 2.24) is 0 Å². The van der Waals surface area contributed by atoms with Gasteiger partial charge < -0.3 is 5.11 Å². The Morgan fingerprint density at radius 1 is 0.684 bits per heavy atom. The molecule has 0 bridgehead atoms. The molecule has 0 amide bonds. The summed E-state index contributed by atoms with van der Waals surface area (Å²) in [6.07, 6.45) is 20.6. The second kappa shape index (κ2) is 15.8. The van der Waals surface area contributed by atoms with E-state index in [9.17, 15) is 5.11 Å². The molecule has 1 atom stereocenters. The minimum atomic E-state index is -0.0785. The lowest BCUT2D eigenvalue weighted by molar-refractivity contribution is 0.152. The molecule has 114 valence electrons. The highest BCUT2D eigenvalue weighted by atomic mass is 16.3. The van der Waals surface area contributed by atoms with Crippen LogP contribution in [-0.2, 0) is 0 Å². The molecule has 0 aliphatic heterocycles. The lowest BCUT2D eigenvalue weighted by Gasteiger charge is -2.07. The Balaban J connectivity index is 3.20. The number of aliphatic hydroxyl groups is 1. The zero-order valence-electron chi connectivity index (χ0n) is 13.4. The van der Waals surface area contributed by atoms with Crippen LogP contribution in [0.1, 0.15) is 97.3 Å². The average Bonchev–Trinajstić information content (AvgIpc) is 2.41. The summed E-state index contributed by atoms with van der Waals surface area (Å²) in [6.45, 7) is 4.47. The van der Waals surface area contributed by atoms with Crippen molar-refractivity contribution in [3.05, 3.63) is 12.2 Å². The summed E-state index contributed by atoms with van der Waals surface area (Å²) >= 11 is 0. The Labute approximate surface area is 121 Å². The van der Waals surface area contributed by atoms with Crippen molar-refractivity contribution in [3.63, 3.8) is 0 Å². The summed E-state index contributed by atoms with van der Waals surface area (Å²) in [5.41, 5.74) is 0. The van der Waals surface area contributed by atoms with Gasteiger partial charge in [-0.2, -0.15) is 0 Å². The fourth-order valence-electron chi connectivity index (χ4n) is 2.34. The minimum absolute atomic E-state index is 0.0785. The SMILES string of the molecule is CCCCCCCC/C=C\CCC(O)CCCCC. The van der Waals surface area contributed by atoms with Crippen molar-refractivity contribution >= 4 is 0 Å². The van der Waals surface area contributed by atoms with Gasteiger partial charge in [0, 0.05) is 0 Å². The van der Waals surface area contributed by atoms with Gasteiger partial charge in [0.25, 0.3) is 0 Å². The molecule has 0 aromatic rings. The molecule has 0 saturated heterocycles. The molecule has 0 aliphatic rings. The number of unbranched alkanes of at least 4 members (excludes halogenated alkanes) is 8. The summed E-state index contributed by atoms with van der Waals surface area (Å²) in [5.74, 6) is 0. The first-order chi connectivity index (χ1) is 9.31. The minimum Gasteiger partial charge on any atom is -0.393 e. The number of aliphatic hydroxyl groups excluding tert-OH is 1. The zero-order valence-corrected chi connectivity index (χ0v) is 13.4. The molecule has 0 heterocycles. The van der Waals surface area contributed by atoms with Crippen molar-refractivity contribution in [2.75, 3.05) is 0 Å². The van der Waals surface area contributed by atoms with Gasteiger partial charge in [-0.25, -0.2) is 0 Å². The van der Waals surface area contributed by atoms with E-state index in [1.807, 2.05) is 0 Å². The molecule has 1 N–H and O–H groups in total. The van der Waals surface area contributed by atoms with Crippen molar-refractivity contribution in [1.29, 1.82) is 0 Å². The van der Waals surface area contributed by atoms with Gasteiger partial charge >= 0.3 is 0 Å². The van der Waals surface area contributed by atoms with Crippen molar-refractivity contribution in [3.8, 4) is 0 Å². The molecule has 0 saturated carbocycles. The zero-order chi connectivity index (χ0) is 14.2. The van der Waals surface area contributed by atoms with E-state index in [1.54, 1.807) is 0 Å². The van der Waals surface area contributed by atoms with Crippen molar-refractivity contribution < 1.29 is 5.11 Å². The van der Waals surface area contributed by atoms with Crippen LogP contribution < -0.4 is 0 Å². The maximum atomic E-state index is 9.77. The normalized spacial score (nSPS) is 13.2. The summed E-state index contributed by atoms with van der Waals surface area (Å²) in [4.78, 5) is 0. The van der Waals surface area contributed by atoms with Crippen LogP contribution in [0.5, 0.6) is 0 Å². The molecular formula is C18H36O. The lowest BCUT2D eigenvalue weighted by Crippen LogP contribution is -2.05. The Morgan fingerprint density at radius 2 is 1.26 bits per heavy atom. The molecule has 19 heavy (non-hydrogen) atoms. The molecule has 0 aromatic heterocycles. The number of hydrogen-bond acceptors (Lipinski definition) is 1. The second-order valence-electron chi connectivity index (χ2n) is 5.75. The number of rotatable bonds is 14. The monoisotopic (exact) mass is 268 g/mol. The highest BCUT2D eigenvalue weighted by Crippen LogP contribution is 2.10. The predicted octanol–water partition coefficient (Wildman–Crippen LogP) is 6.01. The van der Waals surface area contributed by atoms with E-state index in [-0.39, 0.29) is 6.10 Å². The molecule has 0 radical (unpaired) electrons. The van der Waals surface area contributed by atoms with Gasteiger partial charge in [0.2, 0.25) is 0 Å².